The fraction of sp³-hybridized carbons (Fsp3) is 0.200. The number of guanidine groups is 1. The van der Waals surface area contributed by atoms with Gasteiger partial charge in [0.25, 0.3) is 5.96 Å². The van der Waals surface area contributed by atoms with Crippen LogP contribution in [0.4, 0.5) is 0 Å². The molecule has 0 spiro atoms. The average Bonchev–Trinajstić information content (AvgIpc) is 2.34. The summed E-state index contributed by atoms with van der Waals surface area (Å²) in [6.45, 7) is 2.20. The number of halogens is 1. The summed E-state index contributed by atoms with van der Waals surface area (Å²) in [5, 5.41) is 25.4. The monoisotopic (exact) mass is 393 g/mol. The predicted octanol–water partition coefficient (Wildman–Crippen LogP) is 0.825. The maximum Gasteiger partial charge on any atom is 0.286 e. The average molecular weight is 393 g/mol. The van der Waals surface area contributed by atoms with Gasteiger partial charge in [0, 0.05) is 0 Å². The minimum Gasteiger partial charge on any atom is -0.504 e. The number of hydrazone groups is 2. The second-order valence-electron chi connectivity index (χ2n) is 3.38. The van der Waals surface area contributed by atoms with E-state index in [1.54, 1.807) is 19.1 Å². The van der Waals surface area contributed by atoms with E-state index in [0.717, 1.165) is 0 Å². The van der Waals surface area contributed by atoms with Crippen LogP contribution in [0.2, 0.25) is 0 Å². The van der Waals surface area contributed by atoms with Crippen molar-refractivity contribution in [2.75, 3.05) is 6.61 Å². The first-order valence-electron chi connectivity index (χ1n) is 5.37. The number of nitrogens with zero attached hydrogens (tertiary/aromatic N) is 3. The maximum absolute atomic E-state index is 10.0. The van der Waals surface area contributed by atoms with Crippen molar-refractivity contribution >= 4 is 34.8 Å². The molecule has 1 aromatic carbocycles. The van der Waals surface area contributed by atoms with Crippen molar-refractivity contribution in [3.8, 4) is 11.5 Å². The molecule has 0 atom stereocenters. The fourth-order valence-electron chi connectivity index (χ4n) is 1.22. The van der Waals surface area contributed by atoms with Crippen molar-refractivity contribution in [3.05, 3.63) is 31.4 Å². The van der Waals surface area contributed by atoms with Gasteiger partial charge in [-0.05, 0) is 47.2 Å². The molecule has 0 aromatic heterocycles. The lowest BCUT2D eigenvalue weighted by molar-refractivity contribution is -0.485. The summed E-state index contributed by atoms with van der Waals surface area (Å²) >= 11 is 1.95. The summed E-state index contributed by atoms with van der Waals surface area (Å²) in [7, 11) is 0. The van der Waals surface area contributed by atoms with Crippen LogP contribution in [0.25, 0.3) is 0 Å². The van der Waals surface area contributed by atoms with Crippen LogP contribution in [-0.4, -0.2) is 28.9 Å². The van der Waals surface area contributed by atoms with Crippen LogP contribution in [-0.2, 0) is 0 Å². The molecule has 9 nitrogen and oxygen atoms in total. The molecule has 0 amide bonds. The minimum absolute atomic E-state index is 0.0481. The number of nitrogens with two attached hydrogens (primary N) is 1. The molecule has 0 aliphatic heterocycles. The lowest BCUT2D eigenvalue weighted by Gasteiger charge is -2.08. The molecule has 0 fully saturated rings. The third-order valence-corrected chi connectivity index (χ3v) is 2.76. The number of ether oxygens (including phenoxy) is 1. The van der Waals surface area contributed by atoms with Gasteiger partial charge in [0.15, 0.2) is 16.5 Å². The normalized spacial score (nSPS) is 11.6. The topological polar surface area (TPSA) is 135 Å². The highest BCUT2D eigenvalue weighted by atomic mass is 127. The van der Waals surface area contributed by atoms with Gasteiger partial charge in [-0.1, -0.05) is 0 Å². The summed E-state index contributed by atoms with van der Waals surface area (Å²) in [6, 6.07) is 3.23. The van der Waals surface area contributed by atoms with E-state index >= 15 is 0 Å². The van der Waals surface area contributed by atoms with E-state index in [-0.39, 0.29) is 5.75 Å². The van der Waals surface area contributed by atoms with E-state index in [0.29, 0.717) is 21.5 Å². The summed E-state index contributed by atoms with van der Waals surface area (Å²) < 4.78 is 5.85. The van der Waals surface area contributed by atoms with Gasteiger partial charge in [-0.15, -0.1) is 0 Å². The molecule has 1 aromatic rings. The van der Waals surface area contributed by atoms with E-state index < -0.39 is 11.0 Å². The number of rotatable bonds is 5. The molecule has 4 N–H and O–H groups in total. The number of phenolic OH excluding ortho intramolecular Hbond substituents is 1. The van der Waals surface area contributed by atoms with Gasteiger partial charge in [-0.3, -0.25) is 0 Å². The molecular weight excluding hydrogens is 381 g/mol. The van der Waals surface area contributed by atoms with E-state index in [1.165, 1.54) is 6.21 Å². The molecule has 0 aliphatic rings. The summed E-state index contributed by atoms with van der Waals surface area (Å²) in [5.74, 6) is -0.0653. The van der Waals surface area contributed by atoms with Crippen LogP contribution in [0, 0.1) is 13.7 Å². The van der Waals surface area contributed by atoms with Crippen LogP contribution in [0.3, 0.4) is 0 Å². The highest BCUT2D eigenvalue weighted by molar-refractivity contribution is 14.1. The van der Waals surface area contributed by atoms with Crippen molar-refractivity contribution in [1.29, 1.82) is 0 Å². The fourth-order valence-corrected chi connectivity index (χ4v) is 1.84. The zero-order valence-electron chi connectivity index (χ0n) is 10.4. The lowest BCUT2D eigenvalue weighted by atomic mass is 10.2. The smallest absolute Gasteiger partial charge is 0.286 e. The Morgan fingerprint density at radius 3 is 3.00 bits per heavy atom. The number of aromatic hydroxyl groups is 1. The molecule has 1 rings (SSSR count). The first-order valence-corrected chi connectivity index (χ1v) is 6.44. The largest absolute Gasteiger partial charge is 0.504 e. The Labute approximate surface area is 127 Å². The van der Waals surface area contributed by atoms with Crippen molar-refractivity contribution in [2.45, 2.75) is 6.92 Å². The molecule has 0 unspecified atom stereocenters. The van der Waals surface area contributed by atoms with Gasteiger partial charge in [0.2, 0.25) is 0 Å². The standard InChI is InChI=1S/C10H12IN5O4/c1-2-20-8-4-6(3-7(11)9(8)17)5-13-14-10(12)15-16(18)19/h3-5,17H,2H2,1H3,(H3,12,14,15)/b13-5-. The van der Waals surface area contributed by atoms with Gasteiger partial charge in [0.05, 0.1) is 16.4 Å². The van der Waals surface area contributed by atoms with E-state index in [4.69, 9.17) is 10.5 Å². The molecule has 0 saturated heterocycles. The minimum atomic E-state index is -0.936. The Hall–Kier alpha value is -2.11. The Morgan fingerprint density at radius 1 is 1.70 bits per heavy atom. The second-order valence-corrected chi connectivity index (χ2v) is 4.54. The Bertz CT molecular complexity index is 561. The predicted molar refractivity (Wildman–Crippen MR) is 81.3 cm³/mol. The van der Waals surface area contributed by atoms with E-state index in [9.17, 15) is 15.2 Å². The zero-order valence-corrected chi connectivity index (χ0v) is 12.6. The van der Waals surface area contributed by atoms with Gasteiger partial charge >= 0.3 is 0 Å². The molecule has 108 valence electrons. The number of nitro groups is 1. The second kappa shape index (κ2) is 7.47. The van der Waals surface area contributed by atoms with Gasteiger partial charge in [-0.2, -0.15) is 5.10 Å². The van der Waals surface area contributed by atoms with Crippen molar-refractivity contribution in [1.82, 2.24) is 5.43 Å². The molecule has 0 aliphatic carbocycles. The van der Waals surface area contributed by atoms with Gasteiger partial charge in [-0.25, -0.2) is 15.5 Å². The first kappa shape index (κ1) is 15.9. The molecule has 0 radical (unpaired) electrons. The number of phenols is 1. The molecular formula is C10H12IN5O4. The Kier molecular flexibility index (Phi) is 5.96. The zero-order chi connectivity index (χ0) is 15.1. The number of hydrogen-bond donors (Lipinski definition) is 3. The highest BCUT2D eigenvalue weighted by Crippen LogP contribution is 2.32. The maximum atomic E-state index is 10.0. The molecule has 20 heavy (non-hydrogen) atoms. The molecule has 0 saturated carbocycles. The third kappa shape index (κ3) is 4.87. The van der Waals surface area contributed by atoms with E-state index in [2.05, 4.69) is 15.6 Å². The van der Waals surface area contributed by atoms with E-state index in [1.807, 2.05) is 22.6 Å². The molecule has 0 heterocycles. The number of hydrogen-bond acceptors (Lipinski definition) is 5. The van der Waals surface area contributed by atoms with Crippen LogP contribution < -0.4 is 15.9 Å². The Balaban J connectivity index is 2.85. The quantitative estimate of drug-likeness (QED) is 0.223. The number of nitrogens with one attached hydrogen (secondary N) is 1. The number of benzene rings is 1. The van der Waals surface area contributed by atoms with Crippen LogP contribution in [0.5, 0.6) is 11.5 Å². The molecule has 10 heteroatoms. The van der Waals surface area contributed by atoms with Crippen LogP contribution in [0.15, 0.2) is 22.3 Å². The summed E-state index contributed by atoms with van der Waals surface area (Å²) in [5.41, 5.74) is 8.01. The van der Waals surface area contributed by atoms with Crippen molar-refractivity contribution < 1.29 is 14.9 Å². The molecule has 0 bridgehead atoms. The van der Waals surface area contributed by atoms with Crippen molar-refractivity contribution in [2.24, 2.45) is 15.9 Å². The highest BCUT2D eigenvalue weighted by Gasteiger charge is 2.08. The summed E-state index contributed by atoms with van der Waals surface area (Å²) in [6.07, 6.45) is 1.37. The van der Waals surface area contributed by atoms with Crippen molar-refractivity contribution in [3.63, 3.8) is 0 Å². The van der Waals surface area contributed by atoms with Crippen LogP contribution in [0.1, 0.15) is 12.5 Å². The Morgan fingerprint density at radius 2 is 2.40 bits per heavy atom. The SMILES string of the molecule is CCOc1cc(/C=N\N/C(N)=N/[N+](=O)[O-])cc(I)c1O. The van der Waals surface area contributed by atoms with Crippen LogP contribution >= 0.6 is 22.6 Å². The summed E-state index contributed by atoms with van der Waals surface area (Å²) in [4.78, 5) is 10.0. The van der Waals surface area contributed by atoms with Gasteiger partial charge in [0.1, 0.15) is 5.10 Å². The van der Waals surface area contributed by atoms with Gasteiger partial charge < -0.3 is 15.6 Å². The third-order valence-electron chi connectivity index (χ3n) is 1.93. The lowest BCUT2D eigenvalue weighted by Crippen LogP contribution is -2.28. The first-order chi connectivity index (χ1) is 9.43.